The van der Waals surface area contributed by atoms with Crippen LogP contribution in [0.1, 0.15) is 51.0 Å². The number of hydrogen-bond acceptors (Lipinski definition) is 6. The van der Waals surface area contributed by atoms with E-state index >= 15 is 0 Å². The van der Waals surface area contributed by atoms with Gasteiger partial charge in [-0.15, -0.1) is 0 Å². The van der Waals surface area contributed by atoms with E-state index in [9.17, 15) is 0 Å². The van der Waals surface area contributed by atoms with Crippen LogP contribution < -0.4 is 9.47 Å². The summed E-state index contributed by atoms with van der Waals surface area (Å²) in [6.07, 6.45) is 0. The molecule has 1 aliphatic heterocycles. The zero-order chi connectivity index (χ0) is 16.6. The first-order chi connectivity index (χ1) is 10.8. The van der Waals surface area contributed by atoms with Gasteiger partial charge >= 0.3 is 0 Å². The number of nitrogens with zero attached hydrogens (tertiary/aromatic N) is 3. The quantitative estimate of drug-likeness (QED) is 0.862. The molecule has 3 rings (SSSR count). The molecule has 6 nitrogen and oxygen atoms in total. The SMILES string of the molecule is CC(c1nc(C(C)(C)C)no1)N(C)Cc1ccc2c(c1)OCO2. The van der Waals surface area contributed by atoms with Crippen molar-refractivity contribution in [1.82, 2.24) is 15.0 Å². The van der Waals surface area contributed by atoms with E-state index in [1.807, 2.05) is 25.2 Å². The molecule has 0 bridgehead atoms. The van der Waals surface area contributed by atoms with Crippen LogP contribution in [-0.4, -0.2) is 28.9 Å². The van der Waals surface area contributed by atoms with E-state index in [4.69, 9.17) is 14.0 Å². The van der Waals surface area contributed by atoms with Crippen molar-refractivity contribution in [1.29, 1.82) is 0 Å². The summed E-state index contributed by atoms with van der Waals surface area (Å²) in [5, 5.41) is 4.10. The fourth-order valence-corrected chi connectivity index (χ4v) is 2.36. The second-order valence-electron chi connectivity index (χ2n) is 6.98. The summed E-state index contributed by atoms with van der Waals surface area (Å²) in [5.74, 6) is 2.97. The van der Waals surface area contributed by atoms with Gasteiger partial charge in [0.2, 0.25) is 12.7 Å². The Morgan fingerprint density at radius 1 is 1.22 bits per heavy atom. The third-order valence-corrected chi connectivity index (χ3v) is 4.00. The minimum atomic E-state index is -0.114. The first-order valence-electron chi connectivity index (χ1n) is 7.77. The summed E-state index contributed by atoms with van der Waals surface area (Å²) in [5.41, 5.74) is 1.04. The zero-order valence-corrected chi connectivity index (χ0v) is 14.3. The van der Waals surface area contributed by atoms with Gasteiger partial charge in [0.25, 0.3) is 0 Å². The largest absolute Gasteiger partial charge is 0.454 e. The average molecular weight is 317 g/mol. The Hall–Kier alpha value is -2.08. The maximum absolute atomic E-state index is 5.44. The molecule has 0 saturated heterocycles. The second-order valence-corrected chi connectivity index (χ2v) is 6.98. The van der Waals surface area contributed by atoms with Gasteiger partial charge in [0.1, 0.15) is 0 Å². The van der Waals surface area contributed by atoms with Crippen molar-refractivity contribution in [3.8, 4) is 11.5 Å². The topological polar surface area (TPSA) is 60.6 Å². The van der Waals surface area contributed by atoms with Gasteiger partial charge in [-0.25, -0.2) is 0 Å². The van der Waals surface area contributed by atoms with E-state index in [2.05, 4.69) is 42.7 Å². The summed E-state index contributed by atoms with van der Waals surface area (Å²) in [6.45, 7) is 9.33. The first-order valence-corrected chi connectivity index (χ1v) is 7.77. The number of rotatable bonds is 4. The Balaban J connectivity index is 1.70. The Labute approximate surface area is 136 Å². The van der Waals surface area contributed by atoms with Crippen molar-refractivity contribution in [2.75, 3.05) is 13.8 Å². The molecule has 124 valence electrons. The molecule has 0 spiro atoms. The summed E-state index contributed by atoms with van der Waals surface area (Å²) in [6, 6.07) is 6.04. The molecule has 0 saturated carbocycles. The van der Waals surface area contributed by atoms with Gasteiger partial charge in [-0.1, -0.05) is 32.0 Å². The molecule has 6 heteroatoms. The van der Waals surface area contributed by atoms with Crippen LogP contribution in [0.3, 0.4) is 0 Å². The average Bonchev–Trinajstić information content (AvgIpc) is 3.14. The molecular formula is C17H23N3O3. The lowest BCUT2D eigenvalue weighted by Crippen LogP contribution is -2.22. The molecule has 0 amide bonds. The molecular weight excluding hydrogens is 294 g/mol. The molecule has 23 heavy (non-hydrogen) atoms. The highest BCUT2D eigenvalue weighted by Crippen LogP contribution is 2.33. The van der Waals surface area contributed by atoms with Crippen molar-refractivity contribution >= 4 is 0 Å². The Morgan fingerprint density at radius 3 is 2.65 bits per heavy atom. The molecule has 1 aromatic heterocycles. The number of benzene rings is 1. The van der Waals surface area contributed by atoms with E-state index in [1.54, 1.807) is 0 Å². The van der Waals surface area contributed by atoms with Crippen LogP contribution in [-0.2, 0) is 12.0 Å². The van der Waals surface area contributed by atoms with Crippen LogP contribution in [0, 0.1) is 0 Å². The van der Waals surface area contributed by atoms with Gasteiger partial charge in [0.05, 0.1) is 6.04 Å². The van der Waals surface area contributed by atoms with Crippen molar-refractivity contribution < 1.29 is 14.0 Å². The van der Waals surface area contributed by atoms with Crippen LogP contribution >= 0.6 is 0 Å². The van der Waals surface area contributed by atoms with Gasteiger partial charge in [-0.2, -0.15) is 4.98 Å². The predicted octanol–water partition coefficient (Wildman–Crippen LogP) is 3.29. The molecule has 0 N–H and O–H groups in total. The lowest BCUT2D eigenvalue weighted by Gasteiger charge is -2.21. The van der Waals surface area contributed by atoms with Crippen LogP contribution in [0.2, 0.25) is 0 Å². The minimum absolute atomic E-state index is 0.0315. The normalized spacial score (nSPS) is 15.2. The van der Waals surface area contributed by atoms with Crippen molar-refractivity contribution in [3.05, 3.63) is 35.5 Å². The summed E-state index contributed by atoms with van der Waals surface area (Å²) >= 11 is 0. The van der Waals surface area contributed by atoms with E-state index < -0.39 is 0 Å². The molecule has 0 fully saturated rings. The van der Waals surface area contributed by atoms with E-state index in [0.29, 0.717) is 12.7 Å². The highest BCUT2D eigenvalue weighted by molar-refractivity contribution is 5.44. The van der Waals surface area contributed by atoms with Crippen molar-refractivity contribution in [2.24, 2.45) is 0 Å². The summed E-state index contributed by atoms with van der Waals surface area (Å²) < 4.78 is 16.2. The molecule has 0 radical (unpaired) electrons. The maximum atomic E-state index is 5.44. The zero-order valence-electron chi connectivity index (χ0n) is 14.3. The van der Waals surface area contributed by atoms with Crippen LogP contribution in [0.4, 0.5) is 0 Å². The Morgan fingerprint density at radius 2 is 1.96 bits per heavy atom. The number of hydrogen-bond donors (Lipinski definition) is 0. The van der Waals surface area contributed by atoms with Crippen LogP contribution in [0.5, 0.6) is 11.5 Å². The highest BCUT2D eigenvalue weighted by atomic mass is 16.7. The Kier molecular flexibility index (Phi) is 4.02. The predicted molar refractivity (Wildman–Crippen MR) is 85.4 cm³/mol. The summed E-state index contributed by atoms with van der Waals surface area (Å²) in [7, 11) is 2.04. The third kappa shape index (κ3) is 3.32. The van der Waals surface area contributed by atoms with E-state index in [0.717, 1.165) is 29.4 Å². The number of ether oxygens (including phenoxy) is 2. The van der Waals surface area contributed by atoms with E-state index in [-0.39, 0.29) is 11.5 Å². The number of aromatic nitrogens is 2. The van der Waals surface area contributed by atoms with Gasteiger partial charge < -0.3 is 14.0 Å². The van der Waals surface area contributed by atoms with Gasteiger partial charge in [-0.05, 0) is 31.7 Å². The summed E-state index contributed by atoms with van der Waals surface area (Å²) in [4.78, 5) is 6.70. The van der Waals surface area contributed by atoms with Crippen molar-refractivity contribution in [2.45, 2.75) is 45.7 Å². The fraction of sp³-hybridized carbons (Fsp3) is 0.529. The monoisotopic (exact) mass is 317 g/mol. The van der Waals surface area contributed by atoms with Gasteiger partial charge in [0.15, 0.2) is 17.3 Å². The van der Waals surface area contributed by atoms with Crippen LogP contribution in [0.25, 0.3) is 0 Å². The lowest BCUT2D eigenvalue weighted by atomic mass is 9.96. The molecule has 0 aliphatic carbocycles. The maximum Gasteiger partial charge on any atom is 0.243 e. The third-order valence-electron chi connectivity index (χ3n) is 4.00. The molecule has 1 unspecified atom stereocenters. The standard InChI is InChI=1S/C17H23N3O3/c1-11(15-18-16(19-23-15)17(2,3)4)20(5)9-12-6-7-13-14(8-12)22-10-21-13/h6-8,11H,9-10H2,1-5H3. The molecule has 2 aromatic rings. The first kappa shape index (κ1) is 15.8. The fourth-order valence-electron chi connectivity index (χ4n) is 2.36. The lowest BCUT2D eigenvalue weighted by molar-refractivity contribution is 0.173. The smallest absolute Gasteiger partial charge is 0.243 e. The second kappa shape index (κ2) is 5.85. The van der Waals surface area contributed by atoms with E-state index in [1.165, 1.54) is 0 Å². The van der Waals surface area contributed by atoms with Crippen molar-refractivity contribution in [3.63, 3.8) is 0 Å². The highest BCUT2D eigenvalue weighted by Gasteiger charge is 2.25. The molecule has 1 aromatic carbocycles. The van der Waals surface area contributed by atoms with Gasteiger partial charge in [-0.3, -0.25) is 4.90 Å². The Bertz CT molecular complexity index is 691. The molecule has 1 atom stereocenters. The molecule has 2 heterocycles. The van der Waals surface area contributed by atoms with Gasteiger partial charge in [0, 0.05) is 12.0 Å². The van der Waals surface area contributed by atoms with Crippen LogP contribution in [0.15, 0.2) is 22.7 Å². The minimum Gasteiger partial charge on any atom is -0.454 e. The molecule has 1 aliphatic rings. The number of fused-ring (bicyclic) bond motifs is 1.